The van der Waals surface area contributed by atoms with Gasteiger partial charge >= 0.3 is 0 Å². The van der Waals surface area contributed by atoms with Crippen molar-refractivity contribution in [1.82, 2.24) is 0 Å². The monoisotopic (exact) mass is 415 g/mol. The molecule has 1 aromatic carbocycles. The van der Waals surface area contributed by atoms with E-state index in [-0.39, 0.29) is 30.5 Å². The van der Waals surface area contributed by atoms with Crippen molar-refractivity contribution in [2.24, 2.45) is 5.92 Å². The minimum Gasteiger partial charge on any atom is -0.495 e. The second-order valence-corrected chi connectivity index (χ2v) is 8.80. The summed E-state index contributed by atoms with van der Waals surface area (Å²) in [6, 6.07) is 3.27. The fourth-order valence-electron chi connectivity index (χ4n) is 2.30. The number of amides is 1. The van der Waals surface area contributed by atoms with E-state index in [1.807, 2.05) is 0 Å². The number of nitrogens with zero attached hydrogens (tertiary/aromatic N) is 1. The van der Waals surface area contributed by atoms with Crippen molar-refractivity contribution >= 4 is 58.9 Å². The van der Waals surface area contributed by atoms with Crippen LogP contribution in [0.15, 0.2) is 16.6 Å². The SMILES string of the molecule is COc1cc(Br)c(Cl)cc1N1CC(CS(=O)(=O)Cl)CC1=O. The summed E-state index contributed by atoms with van der Waals surface area (Å²) in [5, 5.41) is 0.437. The van der Waals surface area contributed by atoms with Crippen molar-refractivity contribution in [3.8, 4) is 5.75 Å². The molecule has 1 aliphatic rings. The van der Waals surface area contributed by atoms with E-state index in [1.54, 1.807) is 12.1 Å². The van der Waals surface area contributed by atoms with Gasteiger partial charge in [-0.1, -0.05) is 11.6 Å². The number of benzene rings is 1. The molecule has 1 aliphatic heterocycles. The molecule has 0 aliphatic carbocycles. The maximum absolute atomic E-state index is 12.1. The number of hydrogen-bond donors (Lipinski definition) is 0. The lowest BCUT2D eigenvalue weighted by atomic mass is 10.1. The number of anilines is 1. The van der Waals surface area contributed by atoms with Gasteiger partial charge < -0.3 is 9.64 Å². The number of carbonyl (C=O) groups is 1. The van der Waals surface area contributed by atoms with Crippen LogP contribution in [0, 0.1) is 5.92 Å². The zero-order valence-corrected chi connectivity index (χ0v) is 14.9. The van der Waals surface area contributed by atoms with Gasteiger partial charge in [-0.25, -0.2) is 8.42 Å². The summed E-state index contributed by atoms with van der Waals surface area (Å²) in [4.78, 5) is 13.6. The molecule has 2 rings (SSSR count). The van der Waals surface area contributed by atoms with Crippen molar-refractivity contribution in [2.75, 3.05) is 24.3 Å². The highest BCUT2D eigenvalue weighted by atomic mass is 79.9. The first kappa shape index (κ1) is 16.9. The fourth-order valence-corrected chi connectivity index (χ4v) is 4.10. The molecule has 1 aromatic rings. The van der Waals surface area contributed by atoms with Crippen LogP contribution in [0.1, 0.15) is 6.42 Å². The third-order valence-corrected chi connectivity index (χ3v) is 5.60. The summed E-state index contributed by atoms with van der Waals surface area (Å²) in [6.45, 7) is 0.263. The fraction of sp³-hybridized carbons (Fsp3) is 0.417. The molecule has 1 saturated heterocycles. The Morgan fingerprint density at radius 2 is 2.14 bits per heavy atom. The highest BCUT2D eigenvalue weighted by Crippen LogP contribution is 2.39. The van der Waals surface area contributed by atoms with E-state index in [9.17, 15) is 13.2 Å². The molecular weight excluding hydrogens is 405 g/mol. The van der Waals surface area contributed by atoms with Crippen LogP contribution in [0.25, 0.3) is 0 Å². The second-order valence-electron chi connectivity index (χ2n) is 4.72. The molecule has 5 nitrogen and oxygen atoms in total. The standard InChI is InChI=1S/C12H12BrCl2NO4S/c1-20-11-3-8(13)9(14)4-10(11)16-5-7(2-12(16)17)6-21(15,18)19/h3-4,7H,2,5-6H2,1H3. The highest BCUT2D eigenvalue weighted by molar-refractivity contribution is 9.10. The van der Waals surface area contributed by atoms with Gasteiger partial charge in [0.25, 0.3) is 0 Å². The quantitative estimate of drug-likeness (QED) is 0.707. The predicted octanol–water partition coefficient (Wildman–Crippen LogP) is 3.03. The van der Waals surface area contributed by atoms with E-state index in [4.69, 9.17) is 27.0 Å². The van der Waals surface area contributed by atoms with Gasteiger partial charge in [-0.3, -0.25) is 4.79 Å². The Labute approximate surface area is 140 Å². The Morgan fingerprint density at radius 1 is 1.48 bits per heavy atom. The third kappa shape index (κ3) is 4.03. The molecule has 1 unspecified atom stereocenters. The lowest BCUT2D eigenvalue weighted by molar-refractivity contribution is -0.117. The van der Waals surface area contributed by atoms with Gasteiger partial charge in [0, 0.05) is 34.0 Å². The molecule has 0 saturated carbocycles. The van der Waals surface area contributed by atoms with Crippen LogP contribution in [0.5, 0.6) is 5.75 Å². The first-order valence-corrected chi connectivity index (χ1v) is 9.62. The zero-order valence-electron chi connectivity index (χ0n) is 11.0. The topological polar surface area (TPSA) is 63.7 Å². The van der Waals surface area contributed by atoms with Crippen LogP contribution in [-0.2, 0) is 13.8 Å². The molecule has 21 heavy (non-hydrogen) atoms. The Kier molecular flexibility index (Phi) is 5.07. The average molecular weight is 417 g/mol. The molecular formula is C12H12BrCl2NO4S. The number of carbonyl (C=O) groups excluding carboxylic acids is 1. The molecule has 1 heterocycles. The van der Waals surface area contributed by atoms with Gasteiger partial charge in [0.15, 0.2) is 0 Å². The highest BCUT2D eigenvalue weighted by Gasteiger charge is 2.34. The average Bonchev–Trinajstić information content (AvgIpc) is 2.70. The van der Waals surface area contributed by atoms with Crippen molar-refractivity contribution in [1.29, 1.82) is 0 Å². The van der Waals surface area contributed by atoms with Gasteiger partial charge in [0.2, 0.25) is 15.0 Å². The lowest BCUT2D eigenvalue weighted by Gasteiger charge is -2.20. The van der Waals surface area contributed by atoms with E-state index >= 15 is 0 Å². The van der Waals surface area contributed by atoms with Crippen molar-refractivity contribution in [3.63, 3.8) is 0 Å². The van der Waals surface area contributed by atoms with Gasteiger partial charge in [0.05, 0.1) is 23.6 Å². The minimum atomic E-state index is -3.64. The number of methoxy groups -OCH3 is 1. The zero-order chi connectivity index (χ0) is 15.8. The van der Waals surface area contributed by atoms with Gasteiger partial charge in [0.1, 0.15) is 5.75 Å². The lowest BCUT2D eigenvalue weighted by Crippen LogP contribution is -2.25. The third-order valence-electron chi connectivity index (χ3n) is 3.15. The smallest absolute Gasteiger partial charge is 0.232 e. The largest absolute Gasteiger partial charge is 0.495 e. The number of rotatable bonds is 4. The Balaban J connectivity index is 2.31. The van der Waals surface area contributed by atoms with Crippen molar-refractivity contribution in [3.05, 3.63) is 21.6 Å². The first-order valence-electron chi connectivity index (χ1n) is 5.97. The summed E-state index contributed by atoms with van der Waals surface area (Å²) in [5.74, 6) is -0.276. The number of ether oxygens (including phenoxy) is 1. The molecule has 116 valence electrons. The van der Waals surface area contributed by atoms with Crippen LogP contribution >= 0.6 is 38.2 Å². The molecule has 0 radical (unpaired) electrons. The van der Waals surface area contributed by atoms with Gasteiger partial charge in [-0.05, 0) is 28.1 Å². The molecule has 0 bridgehead atoms. The maximum Gasteiger partial charge on any atom is 0.232 e. The number of hydrogen-bond acceptors (Lipinski definition) is 4. The predicted molar refractivity (Wildman–Crippen MR) is 85.8 cm³/mol. The molecule has 0 aromatic heterocycles. The molecule has 9 heteroatoms. The maximum atomic E-state index is 12.1. The molecule has 1 atom stereocenters. The number of halogens is 3. The molecule has 0 N–H and O–H groups in total. The second kappa shape index (κ2) is 6.32. The Morgan fingerprint density at radius 3 is 2.71 bits per heavy atom. The normalized spacial score (nSPS) is 19.1. The van der Waals surface area contributed by atoms with Crippen molar-refractivity contribution < 1.29 is 17.9 Å². The molecule has 0 spiro atoms. The van der Waals surface area contributed by atoms with Gasteiger partial charge in [-0.2, -0.15) is 0 Å². The van der Waals surface area contributed by atoms with Crippen LogP contribution in [-0.4, -0.2) is 33.7 Å². The van der Waals surface area contributed by atoms with E-state index in [0.29, 0.717) is 20.9 Å². The van der Waals surface area contributed by atoms with Crippen LogP contribution in [0.4, 0.5) is 5.69 Å². The van der Waals surface area contributed by atoms with Crippen LogP contribution in [0.2, 0.25) is 5.02 Å². The van der Waals surface area contributed by atoms with E-state index in [2.05, 4.69) is 15.9 Å². The van der Waals surface area contributed by atoms with E-state index in [0.717, 1.165) is 0 Å². The summed E-state index contributed by atoms with van der Waals surface area (Å²) in [6.07, 6.45) is 0.128. The first-order chi connectivity index (χ1) is 9.71. The Bertz CT molecular complexity index is 680. The minimum absolute atomic E-state index is 0.128. The molecule has 1 amide bonds. The summed E-state index contributed by atoms with van der Waals surface area (Å²) >= 11 is 9.34. The van der Waals surface area contributed by atoms with E-state index in [1.165, 1.54) is 12.0 Å². The van der Waals surface area contributed by atoms with Crippen LogP contribution in [0.3, 0.4) is 0 Å². The van der Waals surface area contributed by atoms with Crippen LogP contribution < -0.4 is 9.64 Å². The van der Waals surface area contributed by atoms with Crippen molar-refractivity contribution in [2.45, 2.75) is 6.42 Å². The van der Waals surface area contributed by atoms with Gasteiger partial charge in [-0.15, -0.1) is 0 Å². The Hall–Kier alpha value is -0.500. The summed E-state index contributed by atoms with van der Waals surface area (Å²) in [7, 11) is 3.10. The summed E-state index contributed by atoms with van der Waals surface area (Å²) < 4.78 is 28.2. The molecule has 1 fully saturated rings. The summed E-state index contributed by atoms with van der Waals surface area (Å²) in [5.41, 5.74) is 0.519. The van der Waals surface area contributed by atoms with E-state index < -0.39 is 9.05 Å².